The molecule has 0 fully saturated rings. The Labute approximate surface area is 143 Å². The molecule has 0 unspecified atom stereocenters. The molecule has 0 aliphatic heterocycles. The van der Waals surface area contributed by atoms with Crippen LogP contribution in [0.25, 0.3) is 22.0 Å². The van der Waals surface area contributed by atoms with Crippen molar-refractivity contribution in [1.29, 1.82) is 0 Å². The lowest BCUT2D eigenvalue weighted by Gasteiger charge is -2.12. The number of aromatic amines is 1. The number of H-pyrrole nitrogens is 1. The number of pyridine rings is 1. The molecular formula is C18H18F2N4O. The maximum Gasteiger partial charge on any atom is 0.262 e. The second-order valence-electron chi connectivity index (χ2n) is 6.62. The standard InChI is InChI=1S/C18H18F2N4O/c1-17(2,25)5-4-13-6-14-15(12-7-22-23-8-12)10-24(11-18(3,19)20)16(14)9-21-13/h6-10,25H,11H2,1-3H3,(H,22,23). The molecule has 0 bridgehead atoms. The van der Waals surface area contributed by atoms with Gasteiger partial charge in [0, 0.05) is 35.8 Å². The van der Waals surface area contributed by atoms with Gasteiger partial charge in [-0.1, -0.05) is 5.92 Å². The van der Waals surface area contributed by atoms with Crippen molar-refractivity contribution < 1.29 is 13.9 Å². The normalized spacial score (nSPS) is 12.2. The third-order valence-electron chi connectivity index (χ3n) is 3.52. The molecule has 0 spiro atoms. The fourth-order valence-corrected chi connectivity index (χ4v) is 2.53. The molecule has 3 aromatic heterocycles. The summed E-state index contributed by atoms with van der Waals surface area (Å²) in [5.41, 5.74) is 1.46. The molecule has 0 aromatic carbocycles. The van der Waals surface area contributed by atoms with E-state index in [1.807, 2.05) is 0 Å². The molecule has 5 nitrogen and oxygen atoms in total. The maximum absolute atomic E-state index is 13.5. The average Bonchev–Trinajstić information content (AvgIpc) is 3.11. The van der Waals surface area contributed by atoms with E-state index in [-0.39, 0.29) is 0 Å². The Morgan fingerprint density at radius 2 is 2.04 bits per heavy atom. The fraction of sp³-hybridized carbons (Fsp3) is 0.333. The quantitative estimate of drug-likeness (QED) is 0.717. The van der Waals surface area contributed by atoms with Gasteiger partial charge in [-0.05, 0) is 25.8 Å². The van der Waals surface area contributed by atoms with Gasteiger partial charge in [-0.25, -0.2) is 13.8 Å². The minimum Gasteiger partial charge on any atom is -0.378 e. The Morgan fingerprint density at radius 1 is 1.28 bits per heavy atom. The van der Waals surface area contributed by atoms with Gasteiger partial charge < -0.3 is 9.67 Å². The van der Waals surface area contributed by atoms with Crippen molar-refractivity contribution in [3.8, 4) is 23.0 Å². The van der Waals surface area contributed by atoms with E-state index < -0.39 is 18.1 Å². The SMILES string of the molecule is CC(C)(O)C#Cc1cc2c(-c3cn[nH]c3)cn(CC(C)(F)F)c2cn1. The van der Waals surface area contributed by atoms with E-state index in [0.717, 1.165) is 23.4 Å². The fourth-order valence-electron chi connectivity index (χ4n) is 2.53. The summed E-state index contributed by atoms with van der Waals surface area (Å²) in [6.45, 7) is 3.59. The van der Waals surface area contributed by atoms with Crippen molar-refractivity contribution in [1.82, 2.24) is 19.7 Å². The van der Waals surface area contributed by atoms with Gasteiger partial charge in [0.05, 0.1) is 24.5 Å². The van der Waals surface area contributed by atoms with Crippen LogP contribution >= 0.6 is 0 Å². The number of aromatic nitrogens is 4. The summed E-state index contributed by atoms with van der Waals surface area (Å²) in [7, 11) is 0. The Hall–Kier alpha value is -2.72. The molecule has 25 heavy (non-hydrogen) atoms. The first-order valence-corrected chi connectivity index (χ1v) is 7.74. The minimum absolute atomic E-state index is 0.447. The van der Waals surface area contributed by atoms with Crippen LogP contribution in [0.5, 0.6) is 0 Å². The highest BCUT2D eigenvalue weighted by atomic mass is 19.3. The molecule has 2 N–H and O–H groups in total. The molecule has 130 valence electrons. The molecule has 0 saturated carbocycles. The molecule has 0 amide bonds. The molecule has 0 aliphatic carbocycles. The first-order valence-electron chi connectivity index (χ1n) is 7.74. The molecule has 7 heteroatoms. The Bertz CT molecular complexity index is 951. The summed E-state index contributed by atoms with van der Waals surface area (Å²) < 4.78 is 28.5. The Kier molecular flexibility index (Phi) is 4.09. The smallest absolute Gasteiger partial charge is 0.262 e. The van der Waals surface area contributed by atoms with Crippen molar-refractivity contribution in [3.63, 3.8) is 0 Å². The lowest BCUT2D eigenvalue weighted by molar-refractivity contribution is 0.00511. The molecular weight excluding hydrogens is 326 g/mol. The molecule has 3 aromatic rings. The van der Waals surface area contributed by atoms with Gasteiger partial charge in [0.1, 0.15) is 11.3 Å². The van der Waals surface area contributed by atoms with E-state index in [1.165, 1.54) is 10.8 Å². The minimum atomic E-state index is -2.85. The number of aliphatic hydroxyl groups is 1. The van der Waals surface area contributed by atoms with Gasteiger partial charge in [0.2, 0.25) is 0 Å². The first kappa shape index (κ1) is 17.1. The monoisotopic (exact) mass is 344 g/mol. The number of nitrogens with zero attached hydrogens (tertiary/aromatic N) is 3. The van der Waals surface area contributed by atoms with Crippen LogP contribution in [-0.4, -0.2) is 36.4 Å². The van der Waals surface area contributed by atoms with E-state index in [0.29, 0.717) is 11.2 Å². The topological polar surface area (TPSA) is 66.7 Å². The van der Waals surface area contributed by atoms with Crippen molar-refractivity contribution in [2.45, 2.75) is 38.8 Å². The number of rotatable bonds is 3. The summed E-state index contributed by atoms with van der Waals surface area (Å²) >= 11 is 0. The molecule has 3 heterocycles. The third-order valence-corrected chi connectivity index (χ3v) is 3.52. The maximum atomic E-state index is 13.5. The Balaban J connectivity index is 2.16. The second-order valence-corrected chi connectivity index (χ2v) is 6.62. The van der Waals surface area contributed by atoms with Crippen molar-refractivity contribution in [2.75, 3.05) is 0 Å². The number of alkyl halides is 2. The summed E-state index contributed by atoms with van der Waals surface area (Å²) in [4.78, 5) is 4.22. The number of nitrogens with one attached hydrogen (secondary N) is 1. The van der Waals surface area contributed by atoms with Crippen LogP contribution in [0.2, 0.25) is 0 Å². The summed E-state index contributed by atoms with van der Waals surface area (Å²) in [5.74, 6) is 2.67. The predicted molar refractivity (Wildman–Crippen MR) is 91.1 cm³/mol. The number of hydrogen-bond donors (Lipinski definition) is 2. The highest BCUT2D eigenvalue weighted by Crippen LogP contribution is 2.31. The van der Waals surface area contributed by atoms with Gasteiger partial charge >= 0.3 is 0 Å². The summed E-state index contributed by atoms with van der Waals surface area (Å²) in [5, 5.41) is 17.1. The van der Waals surface area contributed by atoms with Crippen molar-refractivity contribution in [2.24, 2.45) is 0 Å². The zero-order valence-corrected chi connectivity index (χ0v) is 14.1. The van der Waals surface area contributed by atoms with Gasteiger partial charge in [-0.3, -0.25) is 5.10 Å². The Morgan fingerprint density at radius 3 is 2.64 bits per heavy atom. The van der Waals surface area contributed by atoms with E-state index in [4.69, 9.17) is 0 Å². The third kappa shape index (κ3) is 4.03. The van der Waals surface area contributed by atoms with E-state index in [1.54, 1.807) is 38.5 Å². The van der Waals surface area contributed by atoms with Gasteiger partial charge in [-0.2, -0.15) is 5.10 Å². The second kappa shape index (κ2) is 5.97. The van der Waals surface area contributed by atoms with Crippen LogP contribution in [0, 0.1) is 11.8 Å². The lowest BCUT2D eigenvalue weighted by Crippen LogP contribution is -2.18. The zero-order chi connectivity index (χ0) is 18.2. The number of hydrogen-bond acceptors (Lipinski definition) is 3. The zero-order valence-electron chi connectivity index (χ0n) is 14.1. The van der Waals surface area contributed by atoms with Crippen LogP contribution in [0.15, 0.2) is 30.9 Å². The van der Waals surface area contributed by atoms with Gasteiger partial charge in [0.15, 0.2) is 0 Å². The molecule has 0 radical (unpaired) electrons. The van der Waals surface area contributed by atoms with E-state index in [2.05, 4.69) is 27.0 Å². The van der Waals surface area contributed by atoms with E-state index >= 15 is 0 Å². The highest BCUT2D eigenvalue weighted by Gasteiger charge is 2.24. The van der Waals surface area contributed by atoms with Crippen LogP contribution < -0.4 is 0 Å². The first-order chi connectivity index (χ1) is 11.6. The number of fused-ring (bicyclic) bond motifs is 1. The molecule has 3 rings (SSSR count). The van der Waals surface area contributed by atoms with Crippen LogP contribution in [0.1, 0.15) is 26.5 Å². The average molecular weight is 344 g/mol. The summed E-state index contributed by atoms with van der Waals surface area (Å²) in [6.07, 6.45) is 6.53. The summed E-state index contributed by atoms with van der Waals surface area (Å²) in [6, 6.07) is 1.74. The molecule has 0 aliphatic rings. The number of halogens is 2. The lowest BCUT2D eigenvalue weighted by atomic mass is 10.1. The molecule has 0 atom stereocenters. The van der Waals surface area contributed by atoms with Crippen molar-refractivity contribution >= 4 is 10.9 Å². The van der Waals surface area contributed by atoms with Gasteiger partial charge in [0.25, 0.3) is 5.92 Å². The van der Waals surface area contributed by atoms with Gasteiger partial charge in [-0.15, -0.1) is 0 Å². The van der Waals surface area contributed by atoms with Crippen LogP contribution in [-0.2, 0) is 6.54 Å². The van der Waals surface area contributed by atoms with Crippen LogP contribution in [0.3, 0.4) is 0 Å². The van der Waals surface area contributed by atoms with E-state index in [9.17, 15) is 13.9 Å². The highest BCUT2D eigenvalue weighted by molar-refractivity contribution is 5.96. The van der Waals surface area contributed by atoms with Crippen molar-refractivity contribution in [3.05, 3.63) is 36.5 Å². The largest absolute Gasteiger partial charge is 0.378 e. The van der Waals surface area contributed by atoms with Crippen LogP contribution in [0.4, 0.5) is 8.78 Å². The molecule has 0 saturated heterocycles. The predicted octanol–water partition coefficient (Wildman–Crippen LogP) is 3.20.